The Hall–Kier alpha value is -0.770. The van der Waals surface area contributed by atoms with Crippen molar-refractivity contribution in [2.75, 3.05) is 19.6 Å². The highest BCUT2D eigenvalue weighted by molar-refractivity contribution is 7.59. The van der Waals surface area contributed by atoms with Gasteiger partial charge in [0.1, 0.15) is 0 Å². The van der Waals surface area contributed by atoms with Crippen LogP contribution in [0.15, 0.2) is 16.1 Å². The van der Waals surface area contributed by atoms with Crippen molar-refractivity contribution < 1.29 is 4.79 Å². The number of amides is 1. The summed E-state index contributed by atoms with van der Waals surface area (Å²) in [6.07, 6.45) is 1.89. The predicted molar refractivity (Wildman–Crippen MR) is 64.4 cm³/mol. The molecule has 1 aliphatic rings. The average molecular weight is 214 g/mol. The molecule has 80 valence electrons. The van der Waals surface area contributed by atoms with Gasteiger partial charge in [0.25, 0.3) is 0 Å². The summed E-state index contributed by atoms with van der Waals surface area (Å²) in [5.41, 5.74) is 2.45. The largest absolute Gasteiger partial charge is 0.335 e. The third-order valence-electron chi connectivity index (χ3n) is 2.21. The lowest BCUT2D eigenvalue weighted by Crippen LogP contribution is -2.26. The molecule has 4 heteroatoms. The van der Waals surface area contributed by atoms with Crippen molar-refractivity contribution in [1.82, 2.24) is 4.90 Å². The van der Waals surface area contributed by atoms with Crippen LogP contribution in [0.1, 0.15) is 20.8 Å². The summed E-state index contributed by atoms with van der Waals surface area (Å²) in [6, 6.07) is 0. The lowest BCUT2D eigenvalue weighted by atomic mass is 10.2. The quantitative estimate of drug-likeness (QED) is 0.639. The molecule has 1 heterocycles. The second kappa shape index (κ2) is 5.86. The van der Waals surface area contributed by atoms with Crippen LogP contribution in [-0.4, -0.2) is 36.7 Å². The van der Waals surface area contributed by atoms with Gasteiger partial charge >= 0.3 is 0 Å². The first-order chi connectivity index (χ1) is 6.15. The Labute approximate surface area is 92.3 Å². The van der Waals surface area contributed by atoms with Crippen LogP contribution in [0.3, 0.4) is 0 Å². The van der Waals surface area contributed by atoms with Crippen molar-refractivity contribution in [2.24, 2.45) is 4.99 Å². The fraction of sp³-hybridized carbons (Fsp3) is 0.600. The Kier molecular flexibility index (Phi) is 5.53. The molecule has 14 heavy (non-hydrogen) atoms. The zero-order valence-electron chi connectivity index (χ0n) is 9.00. The Balaban J connectivity index is 0.00000169. The minimum Gasteiger partial charge on any atom is -0.335 e. The molecule has 0 bridgehead atoms. The summed E-state index contributed by atoms with van der Waals surface area (Å²) >= 11 is 0. The smallest absolute Gasteiger partial charge is 0.220 e. The lowest BCUT2D eigenvalue weighted by molar-refractivity contribution is -0.127. The molecular weight excluding hydrogens is 196 g/mol. The van der Waals surface area contributed by atoms with Gasteiger partial charge in [-0.3, -0.25) is 9.79 Å². The number of rotatable bonds is 2. The van der Waals surface area contributed by atoms with Crippen molar-refractivity contribution in [3.8, 4) is 0 Å². The highest BCUT2D eigenvalue weighted by Gasteiger charge is 2.19. The first kappa shape index (κ1) is 13.2. The van der Waals surface area contributed by atoms with Crippen LogP contribution in [0.5, 0.6) is 0 Å². The first-order valence-electron chi connectivity index (χ1n) is 4.59. The van der Waals surface area contributed by atoms with Crippen LogP contribution in [0, 0.1) is 0 Å². The van der Waals surface area contributed by atoms with Crippen LogP contribution in [0.25, 0.3) is 0 Å². The van der Waals surface area contributed by atoms with E-state index in [2.05, 4.69) is 11.9 Å². The maximum absolute atomic E-state index is 11.1. The number of carbonyl (C=O) groups excluding carboxylic acids is 1. The predicted octanol–water partition coefficient (Wildman–Crippen LogP) is 1.37. The highest BCUT2D eigenvalue weighted by Crippen LogP contribution is 2.15. The average Bonchev–Trinajstić information content (AvgIpc) is 2.44. The molecule has 0 atom stereocenters. The zero-order chi connectivity index (χ0) is 9.84. The van der Waals surface area contributed by atoms with Crippen LogP contribution >= 0.6 is 13.5 Å². The summed E-state index contributed by atoms with van der Waals surface area (Å²) in [4.78, 5) is 17.1. The number of aliphatic imine (C=N–C) groups is 1. The zero-order valence-corrected chi connectivity index (χ0v) is 10.0. The van der Waals surface area contributed by atoms with E-state index in [4.69, 9.17) is 0 Å². The third-order valence-corrected chi connectivity index (χ3v) is 2.21. The summed E-state index contributed by atoms with van der Waals surface area (Å²) < 4.78 is 0. The van der Waals surface area contributed by atoms with E-state index in [0.29, 0.717) is 0 Å². The number of nitrogens with zero attached hydrogens (tertiary/aromatic N) is 2. The first-order valence-corrected chi connectivity index (χ1v) is 4.59. The second-order valence-corrected chi connectivity index (χ2v) is 3.31. The van der Waals surface area contributed by atoms with E-state index in [-0.39, 0.29) is 19.4 Å². The standard InChI is InChI=1S/C10H16N2O.H2S/c1-4-11-5-10-7-12(9(3)13)6-8(10)2;/h5H,4,6-7H2,1-3H3;1H2. The van der Waals surface area contributed by atoms with Gasteiger partial charge in [-0.15, -0.1) is 0 Å². The van der Waals surface area contributed by atoms with Crippen molar-refractivity contribution >= 4 is 25.6 Å². The van der Waals surface area contributed by atoms with Gasteiger partial charge in [-0.2, -0.15) is 13.5 Å². The molecule has 0 aromatic heterocycles. The fourth-order valence-electron chi connectivity index (χ4n) is 1.36. The molecular formula is C10H18N2OS. The van der Waals surface area contributed by atoms with Gasteiger partial charge in [-0.25, -0.2) is 0 Å². The molecule has 0 aromatic carbocycles. The summed E-state index contributed by atoms with van der Waals surface area (Å²) in [5.74, 6) is 0.138. The minimum absolute atomic E-state index is 0. The van der Waals surface area contributed by atoms with Crippen molar-refractivity contribution in [2.45, 2.75) is 20.8 Å². The fourth-order valence-corrected chi connectivity index (χ4v) is 1.36. The van der Waals surface area contributed by atoms with Gasteiger partial charge in [-0.05, 0) is 25.0 Å². The van der Waals surface area contributed by atoms with Gasteiger partial charge < -0.3 is 4.90 Å². The van der Waals surface area contributed by atoms with Crippen molar-refractivity contribution in [3.63, 3.8) is 0 Å². The molecule has 3 nitrogen and oxygen atoms in total. The maximum Gasteiger partial charge on any atom is 0.220 e. The number of hydrogen-bond acceptors (Lipinski definition) is 2. The summed E-state index contributed by atoms with van der Waals surface area (Å²) in [5, 5.41) is 0. The SMILES string of the molecule is CCN=CC1=C(C)CN(C(C)=O)C1.S. The van der Waals surface area contributed by atoms with E-state index in [1.165, 1.54) is 11.1 Å². The van der Waals surface area contributed by atoms with E-state index in [1.54, 1.807) is 6.92 Å². The van der Waals surface area contributed by atoms with E-state index in [1.807, 2.05) is 18.0 Å². The monoisotopic (exact) mass is 214 g/mol. The van der Waals surface area contributed by atoms with Crippen LogP contribution < -0.4 is 0 Å². The van der Waals surface area contributed by atoms with E-state index >= 15 is 0 Å². The van der Waals surface area contributed by atoms with E-state index < -0.39 is 0 Å². The Morgan fingerprint density at radius 1 is 1.57 bits per heavy atom. The minimum atomic E-state index is 0. The van der Waals surface area contributed by atoms with Crippen molar-refractivity contribution in [3.05, 3.63) is 11.1 Å². The normalized spacial score (nSPS) is 16.4. The number of hydrogen-bond donors (Lipinski definition) is 0. The molecule has 0 aliphatic carbocycles. The molecule has 1 aliphatic heterocycles. The highest BCUT2D eigenvalue weighted by atomic mass is 32.1. The topological polar surface area (TPSA) is 32.7 Å². The Morgan fingerprint density at radius 3 is 2.64 bits per heavy atom. The van der Waals surface area contributed by atoms with E-state index in [0.717, 1.165) is 19.6 Å². The molecule has 1 amide bonds. The second-order valence-electron chi connectivity index (χ2n) is 3.31. The Bertz CT molecular complexity index is 271. The van der Waals surface area contributed by atoms with Crippen molar-refractivity contribution in [1.29, 1.82) is 0 Å². The molecule has 0 unspecified atom stereocenters. The summed E-state index contributed by atoms with van der Waals surface area (Å²) in [7, 11) is 0. The molecule has 1 rings (SSSR count). The molecule has 0 saturated heterocycles. The Morgan fingerprint density at radius 2 is 2.21 bits per heavy atom. The molecule has 0 N–H and O–H groups in total. The summed E-state index contributed by atoms with van der Waals surface area (Å²) in [6.45, 7) is 7.96. The molecule has 0 fully saturated rings. The molecule has 0 spiro atoms. The molecule has 0 radical (unpaired) electrons. The number of carbonyl (C=O) groups is 1. The lowest BCUT2D eigenvalue weighted by Gasteiger charge is -2.12. The van der Waals surface area contributed by atoms with Crippen LogP contribution in [0.2, 0.25) is 0 Å². The van der Waals surface area contributed by atoms with Crippen LogP contribution in [0.4, 0.5) is 0 Å². The molecule has 0 aromatic rings. The maximum atomic E-state index is 11.1. The van der Waals surface area contributed by atoms with E-state index in [9.17, 15) is 4.79 Å². The third kappa shape index (κ3) is 3.18. The van der Waals surface area contributed by atoms with Crippen LogP contribution in [-0.2, 0) is 4.79 Å². The van der Waals surface area contributed by atoms with Gasteiger partial charge in [-0.1, -0.05) is 0 Å². The molecule has 0 saturated carbocycles. The van der Waals surface area contributed by atoms with Gasteiger partial charge in [0, 0.05) is 32.8 Å². The van der Waals surface area contributed by atoms with Gasteiger partial charge in [0.2, 0.25) is 5.91 Å². The van der Waals surface area contributed by atoms with Gasteiger partial charge in [0.05, 0.1) is 0 Å². The van der Waals surface area contributed by atoms with Gasteiger partial charge in [0.15, 0.2) is 0 Å².